The van der Waals surface area contributed by atoms with Gasteiger partial charge in [0.15, 0.2) is 0 Å². The summed E-state index contributed by atoms with van der Waals surface area (Å²) in [5, 5.41) is 19.1. The van der Waals surface area contributed by atoms with Gasteiger partial charge in [-0.05, 0) is 60.9 Å². The van der Waals surface area contributed by atoms with Crippen molar-refractivity contribution in [3.05, 3.63) is 72.8 Å². The third-order valence-corrected chi connectivity index (χ3v) is 6.95. The van der Waals surface area contributed by atoms with Gasteiger partial charge in [-0.15, -0.1) is 11.3 Å². The highest BCUT2D eigenvalue weighted by Crippen LogP contribution is 2.37. The van der Waals surface area contributed by atoms with E-state index >= 15 is 0 Å². The Balaban J connectivity index is 1.87. The van der Waals surface area contributed by atoms with Crippen LogP contribution in [0.25, 0.3) is 11.3 Å². The van der Waals surface area contributed by atoms with Crippen LogP contribution in [-0.2, 0) is 0 Å². The molecule has 9 heteroatoms. The van der Waals surface area contributed by atoms with E-state index in [1.54, 1.807) is 30.3 Å². The first-order valence-electron chi connectivity index (χ1n) is 10.6. The van der Waals surface area contributed by atoms with Crippen molar-refractivity contribution < 1.29 is 4.92 Å². The number of benzene rings is 2. The fraction of sp³-hybridized carbons (Fsp3) is 0.333. The van der Waals surface area contributed by atoms with Crippen molar-refractivity contribution in [2.24, 2.45) is 21.4 Å². The first-order chi connectivity index (χ1) is 15.6. The zero-order chi connectivity index (χ0) is 23.8. The van der Waals surface area contributed by atoms with Gasteiger partial charge in [0.25, 0.3) is 5.69 Å². The van der Waals surface area contributed by atoms with Gasteiger partial charge < -0.3 is 0 Å². The Kier molecular flexibility index (Phi) is 6.75. The van der Waals surface area contributed by atoms with Crippen molar-refractivity contribution in [3.8, 4) is 11.3 Å². The minimum atomic E-state index is -0.402. The smallest absolute Gasteiger partial charge is 0.258 e. The third kappa shape index (κ3) is 5.54. The summed E-state index contributed by atoms with van der Waals surface area (Å²) in [7, 11) is 0. The van der Waals surface area contributed by atoms with E-state index in [0.29, 0.717) is 26.5 Å². The van der Waals surface area contributed by atoms with Crippen LogP contribution in [0.4, 0.5) is 11.4 Å². The predicted molar refractivity (Wildman–Crippen MR) is 136 cm³/mol. The van der Waals surface area contributed by atoms with Crippen LogP contribution in [0.2, 0.25) is 10.0 Å². The lowest BCUT2D eigenvalue weighted by molar-refractivity contribution is -0.384. The van der Waals surface area contributed by atoms with Crippen molar-refractivity contribution >= 4 is 51.6 Å². The Morgan fingerprint density at radius 1 is 1.18 bits per heavy atom. The number of nitrogens with zero attached hydrogens (tertiary/aromatic N) is 4. The molecule has 1 heterocycles. The lowest BCUT2D eigenvalue weighted by Gasteiger charge is -2.34. The summed E-state index contributed by atoms with van der Waals surface area (Å²) in [6, 6.07) is 11.7. The van der Waals surface area contributed by atoms with Gasteiger partial charge in [0.1, 0.15) is 0 Å². The molecule has 1 saturated carbocycles. The summed E-state index contributed by atoms with van der Waals surface area (Å²) in [4.78, 5) is 16.1. The molecule has 1 fully saturated rings. The second-order valence-electron chi connectivity index (χ2n) is 9.25. The van der Waals surface area contributed by atoms with E-state index in [-0.39, 0.29) is 11.1 Å². The van der Waals surface area contributed by atoms with Crippen LogP contribution in [0.3, 0.4) is 0 Å². The van der Waals surface area contributed by atoms with Crippen molar-refractivity contribution in [1.29, 1.82) is 0 Å². The maximum atomic E-state index is 11.1. The van der Waals surface area contributed by atoms with Crippen molar-refractivity contribution in [1.82, 2.24) is 4.68 Å². The Morgan fingerprint density at radius 3 is 2.55 bits per heavy atom. The van der Waals surface area contributed by atoms with Gasteiger partial charge in [0, 0.05) is 33.8 Å². The average Bonchev–Trinajstić information content (AvgIpc) is 3.10. The second kappa shape index (κ2) is 9.41. The molecule has 0 aliphatic heterocycles. The number of thiazole rings is 1. The Labute approximate surface area is 206 Å². The van der Waals surface area contributed by atoms with E-state index in [1.807, 2.05) is 10.1 Å². The monoisotopic (exact) mass is 502 g/mol. The fourth-order valence-electron chi connectivity index (χ4n) is 4.43. The van der Waals surface area contributed by atoms with E-state index in [0.717, 1.165) is 36.2 Å². The van der Waals surface area contributed by atoms with Crippen LogP contribution in [0.5, 0.6) is 0 Å². The lowest BCUT2D eigenvalue weighted by atomic mass is 9.72. The molecule has 6 nitrogen and oxygen atoms in total. The number of nitro benzene ring substituents is 1. The summed E-state index contributed by atoms with van der Waals surface area (Å²) in [5.41, 5.74) is 3.59. The van der Waals surface area contributed by atoms with E-state index in [2.05, 4.69) is 20.8 Å². The molecule has 1 unspecified atom stereocenters. The van der Waals surface area contributed by atoms with Gasteiger partial charge in [-0.3, -0.25) is 10.1 Å². The molecule has 1 aliphatic carbocycles. The largest absolute Gasteiger partial charge is 0.269 e. The highest BCUT2D eigenvalue weighted by atomic mass is 35.5. The highest BCUT2D eigenvalue weighted by molar-refractivity contribution is 7.07. The number of aromatic nitrogens is 1. The summed E-state index contributed by atoms with van der Waals surface area (Å²) < 4.78 is 1.83. The molecule has 2 aromatic carbocycles. The van der Waals surface area contributed by atoms with E-state index in [1.165, 1.54) is 23.5 Å². The van der Waals surface area contributed by atoms with E-state index in [4.69, 9.17) is 33.3 Å². The molecule has 0 amide bonds. The number of nitro groups is 1. The molecule has 0 saturated heterocycles. The normalized spacial score (nSPS) is 19.7. The van der Waals surface area contributed by atoms with Crippen molar-refractivity contribution in [3.63, 3.8) is 0 Å². The molecule has 1 aliphatic rings. The summed E-state index contributed by atoms with van der Waals surface area (Å²) in [6.45, 7) is 6.80. The minimum absolute atomic E-state index is 0.0487. The molecule has 0 N–H and O–H groups in total. The lowest BCUT2D eigenvalue weighted by Crippen LogP contribution is -2.29. The van der Waals surface area contributed by atoms with Crippen molar-refractivity contribution in [2.45, 2.75) is 40.0 Å². The van der Waals surface area contributed by atoms with Gasteiger partial charge >= 0.3 is 0 Å². The molecular formula is C24H24Cl2N4O2S. The molecule has 33 heavy (non-hydrogen) atoms. The average molecular weight is 503 g/mol. The maximum Gasteiger partial charge on any atom is 0.269 e. The first kappa shape index (κ1) is 23.7. The van der Waals surface area contributed by atoms with Crippen LogP contribution in [0, 0.1) is 21.4 Å². The fourth-order valence-corrected chi connectivity index (χ4v) is 5.73. The summed E-state index contributed by atoms with van der Waals surface area (Å²) >= 11 is 13.9. The number of non-ortho nitro benzene ring substituents is 1. The quantitative estimate of drug-likeness (QED) is 0.270. The SMILES string of the molecule is CC1CC(=Nn2c(-c3ccc([N+](=O)[O-])cc3)csc2=Nc2ccc(Cl)cc2Cl)CC(C)(C)C1. The van der Waals surface area contributed by atoms with Gasteiger partial charge in [-0.25, -0.2) is 9.67 Å². The molecule has 1 atom stereocenters. The molecule has 0 bridgehead atoms. The van der Waals surface area contributed by atoms with Crippen LogP contribution in [-0.4, -0.2) is 15.3 Å². The minimum Gasteiger partial charge on any atom is -0.258 e. The van der Waals surface area contributed by atoms with Gasteiger partial charge in [0.2, 0.25) is 4.80 Å². The number of hydrogen-bond acceptors (Lipinski definition) is 5. The number of halogens is 2. The van der Waals surface area contributed by atoms with E-state index < -0.39 is 4.92 Å². The Bertz CT molecular complexity index is 1290. The molecular weight excluding hydrogens is 479 g/mol. The third-order valence-electron chi connectivity index (χ3n) is 5.59. The standard InChI is InChI=1S/C24H24Cl2N4O2S/c1-15-10-18(13-24(2,3)12-15)28-29-22(16-4-7-19(8-5-16)30(31)32)14-33-23(29)27-21-9-6-17(25)11-20(21)26/h4-9,11,14-15H,10,12-13H2,1-3H3. The van der Waals surface area contributed by atoms with E-state index in [9.17, 15) is 10.1 Å². The highest BCUT2D eigenvalue weighted by Gasteiger charge is 2.30. The van der Waals surface area contributed by atoms with Crippen molar-refractivity contribution in [2.75, 3.05) is 0 Å². The number of hydrogen-bond donors (Lipinski definition) is 0. The molecule has 1 aromatic heterocycles. The zero-order valence-electron chi connectivity index (χ0n) is 18.6. The van der Waals surface area contributed by atoms with Crippen LogP contribution < -0.4 is 4.80 Å². The van der Waals surface area contributed by atoms with Crippen LogP contribution in [0.1, 0.15) is 40.0 Å². The predicted octanol–water partition coefficient (Wildman–Crippen LogP) is 7.71. The maximum absolute atomic E-state index is 11.1. The molecule has 172 valence electrons. The molecule has 0 spiro atoms. The summed E-state index contributed by atoms with van der Waals surface area (Å²) in [6.07, 6.45) is 2.99. The first-order valence-corrected chi connectivity index (χ1v) is 12.3. The topological polar surface area (TPSA) is 72.8 Å². The Hall–Kier alpha value is -2.48. The van der Waals surface area contributed by atoms with Gasteiger partial charge in [-0.2, -0.15) is 5.10 Å². The van der Waals surface area contributed by atoms with Gasteiger partial charge in [0.05, 0.1) is 21.3 Å². The Morgan fingerprint density at radius 2 is 1.91 bits per heavy atom. The molecule has 3 aromatic rings. The van der Waals surface area contributed by atoms with Crippen LogP contribution >= 0.6 is 34.5 Å². The molecule has 4 rings (SSSR count). The molecule has 0 radical (unpaired) electrons. The summed E-state index contributed by atoms with van der Waals surface area (Å²) in [5.74, 6) is 0.542. The second-order valence-corrected chi connectivity index (χ2v) is 10.9. The number of rotatable bonds is 4. The zero-order valence-corrected chi connectivity index (χ0v) is 20.9. The van der Waals surface area contributed by atoms with Crippen LogP contribution in [0.15, 0.2) is 57.9 Å². The van der Waals surface area contributed by atoms with Gasteiger partial charge in [-0.1, -0.05) is 44.0 Å².